The molecule has 0 unspecified atom stereocenters. The second-order valence-corrected chi connectivity index (χ2v) is 3.82. The van der Waals surface area contributed by atoms with Gasteiger partial charge < -0.3 is 4.42 Å². The van der Waals surface area contributed by atoms with E-state index in [9.17, 15) is 0 Å². The molecule has 0 amide bonds. The zero-order chi connectivity index (χ0) is 10.4. The maximum absolute atomic E-state index is 5.96. The molecule has 0 N–H and O–H groups in total. The molecule has 3 aromatic rings. The van der Waals surface area contributed by atoms with Gasteiger partial charge in [0.15, 0.2) is 0 Å². The van der Waals surface area contributed by atoms with E-state index in [-0.39, 0.29) is 0 Å². The highest BCUT2D eigenvalue weighted by Gasteiger charge is 2.07. The Morgan fingerprint density at radius 3 is 2.80 bits per heavy atom. The van der Waals surface area contributed by atoms with Gasteiger partial charge in [-0.3, -0.25) is 0 Å². The van der Waals surface area contributed by atoms with E-state index >= 15 is 0 Å². The summed E-state index contributed by atoms with van der Waals surface area (Å²) >= 11 is 0. The summed E-state index contributed by atoms with van der Waals surface area (Å²) in [6.07, 6.45) is 0. The van der Waals surface area contributed by atoms with Crippen LogP contribution < -0.4 is 5.46 Å². The second-order valence-electron chi connectivity index (χ2n) is 3.82. The molecule has 15 heavy (non-hydrogen) atoms. The zero-order valence-electron chi connectivity index (χ0n) is 8.45. The third-order valence-corrected chi connectivity index (χ3v) is 2.68. The number of aryl methyl sites for hydroxylation is 1. The summed E-state index contributed by atoms with van der Waals surface area (Å²) in [5.41, 5.74) is 3.74. The van der Waals surface area contributed by atoms with E-state index in [0.29, 0.717) is 0 Å². The highest BCUT2D eigenvalue weighted by molar-refractivity contribution is 6.41. The minimum absolute atomic E-state index is 0.775. The summed E-state index contributed by atoms with van der Waals surface area (Å²) in [5, 5.41) is 2.12. The van der Waals surface area contributed by atoms with Crippen molar-refractivity contribution in [1.29, 1.82) is 0 Å². The average molecular weight is 192 g/mol. The van der Waals surface area contributed by atoms with Crippen LogP contribution in [0, 0.1) is 6.92 Å². The lowest BCUT2D eigenvalue weighted by molar-refractivity contribution is 0.669. The third-order valence-electron chi connectivity index (χ3n) is 2.68. The van der Waals surface area contributed by atoms with Crippen LogP contribution in [-0.2, 0) is 0 Å². The summed E-state index contributed by atoms with van der Waals surface area (Å²) in [4.78, 5) is 0. The van der Waals surface area contributed by atoms with Gasteiger partial charge >= 0.3 is 0 Å². The summed E-state index contributed by atoms with van der Waals surface area (Å²) < 4.78 is 5.71. The Kier molecular flexibility index (Phi) is 1.66. The van der Waals surface area contributed by atoms with E-state index in [1.807, 2.05) is 30.3 Å². The summed E-state index contributed by atoms with van der Waals surface area (Å²) in [6.45, 7) is 2.07. The molecule has 1 nitrogen and oxygen atoms in total. The zero-order valence-corrected chi connectivity index (χ0v) is 8.45. The first-order valence-electron chi connectivity index (χ1n) is 4.93. The molecule has 0 saturated heterocycles. The molecule has 0 fully saturated rings. The van der Waals surface area contributed by atoms with Crippen molar-refractivity contribution in [3.8, 4) is 0 Å². The molecular weight excluding hydrogens is 183 g/mol. The van der Waals surface area contributed by atoms with Gasteiger partial charge in [-0.2, -0.15) is 0 Å². The predicted octanol–water partition coefficient (Wildman–Crippen LogP) is 2.69. The Morgan fingerprint density at radius 2 is 1.93 bits per heavy atom. The standard InChI is InChI=1S/C13H9BO/c1-8-5-6-11-9(7-8)13-10(14)3-2-4-12(13)15-11/h2-7H,1H3. The van der Waals surface area contributed by atoms with Gasteiger partial charge in [-0.15, -0.1) is 0 Å². The molecule has 2 heteroatoms. The first-order valence-corrected chi connectivity index (χ1v) is 4.93. The Balaban J connectivity index is 2.61. The van der Waals surface area contributed by atoms with Crippen molar-refractivity contribution in [2.75, 3.05) is 0 Å². The van der Waals surface area contributed by atoms with E-state index in [1.165, 1.54) is 5.56 Å². The van der Waals surface area contributed by atoms with Gasteiger partial charge in [0.1, 0.15) is 19.0 Å². The molecule has 1 heterocycles. The molecule has 70 valence electrons. The normalized spacial score (nSPS) is 11.3. The lowest BCUT2D eigenvalue weighted by Crippen LogP contribution is -2.01. The highest BCUT2D eigenvalue weighted by atomic mass is 16.3. The minimum Gasteiger partial charge on any atom is -0.456 e. The molecule has 0 aliphatic carbocycles. The third kappa shape index (κ3) is 1.18. The van der Waals surface area contributed by atoms with Gasteiger partial charge in [0.05, 0.1) is 0 Å². The van der Waals surface area contributed by atoms with Crippen LogP contribution in [0.5, 0.6) is 0 Å². The molecule has 1 aromatic heterocycles. The molecule has 2 aromatic carbocycles. The number of hydrogen-bond donors (Lipinski definition) is 0. The average Bonchev–Trinajstić information content (AvgIpc) is 2.57. The van der Waals surface area contributed by atoms with Gasteiger partial charge in [0, 0.05) is 10.8 Å². The first kappa shape index (κ1) is 8.60. The first-order chi connectivity index (χ1) is 7.25. The number of benzene rings is 2. The molecule has 0 aliphatic rings. The highest BCUT2D eigenvalue weighted by Crippen LogP contribution is 2.27. The fourth-order valence-corrected chi connectivity index (χ4v) is 1.97. The Hall–Kier alpha value is -1.70. The quantitative estimate of drug-likeness (QED) is 0.499. The maximum atomic E-state index is 5.96. The summed E-state index contributed by atoms with van der Waals surface area (Å²) in [6, 6.07) is 11.9. The van der Waals surface area contributed by atoms with Gasteiger partial charge in [-0.25, -0.2) is 0 Å². The molecular formula is C13H9BO. The Bertz CT molecular complexity index is 652. The lowest BCUT2D eigenvalue weighted by atomic mass is 9.91. The molecule has 2 radical (unpaired) electrons. The lowest BCUT2D eigenvalue weighted by Gasteiger charge is -1.95. The summed E-state index contributed by atoms with van der Waals surface area (Å²) in [5.74, 6) is 0. The largest absolute Gasteiger partial charge is 0.456 e. The SMILES string of the molecule is [B]c1cccc2oc3ccc(C)cc3c12. The Labute approximate surface area is 89.1 Å². The fourth-order valence-electron chi connectivity index (χ4n) is 1.97. The fraction of sp³-hybridized carbons (Fsp3) is 0.0769. The van der Waals surface area contributed by atoms with Crippen molar-refractivity contribution in [3.05, 3.63) is 42.0 Å². The van der Waals surface area contributed by atoms with E-state index in [2.05, 4.69) is 13.0 Å². The van der Waals surface area contributed by atoms with Crippen molar-refractivity contribution >= 4 is 35.2 Å². The maximum Gasteiger partial charge on any atom is 0.135 e. The number of hydrogen-bond acceptors (Lipinski definition) is 1. The van der Waals surface area contributed by atoms with Crippen LogP contribution in [0.3, 0.4) is 0 Å². The summed E-state index contributed by atoms with van der Waals surface area (Å²) in [7, 11) is 5.96. The van der Waals surface area contributed by atoms with Gasteiger partial charge in [-0.1, -0.05) is 29.2 Å². The van der Waals surface area contributed by atoms with Crippen LogP contribution in [0.25, 0.3) is 21.9 Å². The molecule has 0 aliphatic heterocycles. The van der Waals surface area contributed by atoms with Crippen LogP contribution in [-0.4, -0.2) is 7.85 Å². The van der Waals surface area contributed by atoms with Crippen LogP contribution in [0.1, 0.15) is 5.56 Å². The van der Waals surface area contributed by atoms with E-state index < -0.39 is 0 Å². The van der Waals surface area contributed by atoms with Crippen LogP contribution >= 0.6 is 0 Å². The monoisotopic (exact) mass is 192 g/mol. The van der Waals surface area contributed by atoms with Gasteiger partial charge in [0.25, 0.3) is 0 Å². The van der Waals surface area contributed by atoms with E-state index in [4.69, 9.17) is 12.3 Å². The van der Waals surface area contributed by atoms with Crippen LogP contribution in [0.4, 0.5) is 0 Å². The number of rotatable bonds is 0. The van der Waals surface area contributed by atoms with Crippen molar-refractivity contribution in [2.45, 2.75) is 6.92 Å². The van der Waals surface area contributed by atoms with Crippen molar-refractivity contribution in [2.24, 2.45) is 0 Å². The van der Waals surface area contributed by atoms with Crippen molar-refractivity contribution in [3.63, 3.8) is 0 Å². The molecule has 0 bridgehead atoms. The predicted molar refractivity (Wildman–Crippen MR) is 63.8 cm³/mol. The molecule has 0 atom stereocenters. The van der Waals surface area contributed by atoms with Gasteiger partial charge in [-0.05, 0) is 25.1 Å². The van der Waals surface area contributed by atoms with Crippen LogP contribution in [0.15, 0.2) is 40.8 Å². The van der Waals surface area contributed by atoms with Gasteiger partial charge in [0.2, 0.25) is 0 Å². The minimum atomic E-state index is 0.775. The van der Waals surface area contributed by atoms with Crippen LogP contribution in [0.2, 0.25) is 0 Å². The van der Waals surface area contributed by atoms with E-state index in [1.54, 1.807) is 0 Å². The Morgan fingerprint density at radius 1 is 1.07 bits per heavy atom. The van der Waals surface area contributed by atoms with E-state index in [0.717, 1.165) is 27.4 Å². The number of fused-ring (bicyclic) bond motifs is 3. The topological polar surface area (TPSA) is 13.1 Å². The van der Waals surface area contributed by atoms with Crippen molar-refractivity contribution < 1.29 is 4.42 Å². The smallest absolute Gasteiger partial charge is 0.135 e. The second kappa shape index (κ2) is 2.90. The number of furan rings is 1. The molecule has 3 rings (SSSR count). The molecule has 0 saturated carbocycles. The van der Waals surface area contributed by atoms with Crippen molar-refractivity contribution in [1.82, 2.24) is 0 Å². The molecule has 0 spiro atoms.